The van der Waals surface area contributed by atoms with Crippen molar-refractivity contribution >= 4 is 31.5 Å². The van der Waals surface area contributed by atoms with Crippen LogP contribution in [0.4, 0.5) is 0 Å². The molecule has 1 fully saturated rings. The highest BCUT2D eigenvalue weighted by Crippen LogP contribution is 2.37. The molecule has 0 radical (unpaired) electrons. The molecular formula is C42H81N4O21P. The maximum absolute atomic E-state index is 12.4. The van der Waals surface area contributed by atoms with E-state index in [0.29, 0.717) is 84.3 Å². The summed E-state index contributed by atoms with van der Waals surface area (Å²) >= 11 is 0. The Labute approximate surface area is 398 Å². The molecule has 10 atom stereocenters. The molecule has 4 amide bonds. The summed E-state index contributed by atoms with van der Waals surface area (Å²) in [7, 11) is -4.87. The van der Waals surface area contributed by atoms with Gasteiger partial charge >= 0.3 is 7.82 Å². The van der Waals surface area contributed by atoms with Crippen molar-refractivity contribution in [3.05, 3.63) is 0 Å². The van der Waals surface area contributed by atoms with Gasteiger partial charge in [0.15, 0.2) is 12.6 Å². The predicted octanol–water partition coefficient (Wildman–Crippen LogP) is -2.42. The molecular weight excluding hydrogens is 927 g/mol. The number of phosphoric ester groups is 1. The van der Waals surface area contributed by atoms with E-state index in [1.54, 1.807) is 0 Å². The number of hydrogen-bond donors (Lipinski definition) is 13. The molecule has 0 aromatic heterocycles. The lowest BCUT2D eigenvalue weighted by Crippen LogP contribution is -2.59. The Bertz CT molecular complexity index is 1430. The molecule has 13 N–H and O–H groups in total. The predicted molar refractivity (Wildman–Crippen MR) is 240 cm³/mol. The Morgan fingerprint density at radius 1 is 0.618 bits per heavy atom. The second kappa shape index (κ2) is 36.4. The molecule has 0 bridgehead atoms. The van der Waals surface area contributed by atoms with Gasteiger partial charge in [-0.1, -0.05) is 13.8 Å². The van der Waals surface area contributed by atoms with Gasteiger partial charge in [-0.3, -0.25) is 23.7 Å². The number of ether oxygens (including phenoxy) is 6. The minimum atomic E-state index is -4.87. The molecule has 25 nitrogen and oxygen atoms in total. The second-order valence-electron chi connectivity index (χ2n) is 16.7. The summed E-state index contributed by atoms with van der Waals surface area (Å²) < 4.78 is 48.7. The van der Waals surface area contributed by atoms with E-state index in [-0.39, 0.29) is 89.0 Å². The number of aliphatic hydroxyl groups is 7. The first-order valence-electron chi connectivity index (χ1n) is 23.4. The standard InChI is InChI=1S/C42H81N4O21P/c1-4-20-61-26-42(5-2,27-62-23-14-33(50)45-18-10-16-43-31(48)12-6-8-21-64-40(57)38(55)35(52)29(3)47)28-63-24-15-34(51)46-19-11-17-44-32(49)13-7-9-22-65-41-39(56)37(54)36(53)30(67-41)25-66-68(58,59)60/h29-30,35-41,47,52-57H,4-28H2,1-3H3,(H,43,48)(H,44,49)(H,45,50)(H,46,51)(H2,58,59,60). The zero-order valence-corrected chi connectivity index (χ0v) is 40.6. The Morgan fingerprint density at radius 2 is 1.09 bits per heavy atom. The molecule has 68 heavy (non-hydrogen) atoms. The molecule has 26 heteroatoms. The third kappa shape index (κ3) is 29.0. The smallest absolute Gasteiger partial charge is 0.391 e. The van der Waals surface area contributed by atoms with Gasteiger partial charge in [0.05, 0.1) is 45.7 Å². The average molecular weight is 1010 g/mol. The fourth-order valence-corrected chi connectivity index (χ4v) is 6.65. The Kier molecular flexibility index (Phi) is 34.0. The summed E-state index contributed by atoms with van der Waals surface area (Å²) in [6, 6.07) is 0. The maximum atomic E-state index is 12.4. The number of rotatable bonds is 41. The van der Waals surface area contributed by atoms with Crippen LogP contribution in [0, 0.1) is 5.41 Å². The topological polar surface area (TPSA) is 380 Å². The largest absolute Gasteiger partial charge is 0.469 e. The van der Waals surface area contributed by atoms with Gasteiger partial charge in [0.25, 0.3) is 0 Å². The van der Waals surface area contributed by atoms with Gasteiger partial charge in [-0.15, -0.1) is 0 Å². The van der Waals surface area contributed by atoms with Gasteiger partial charge in [-0.25, -0.2) is 4.57 Å². The van der Waals surface area contributed by atoms with Gasteiger partial charge in [-0.05, 0) is 58.3 Å². The lowest BCUT2D eigenvalue weighted by molar-refractivity contribution is -0.300. The molecule has 0 spiro atoms. The summed E-state index contributed by atoms with van der Waals surface area (Å²) in [5, 5.41) is 79.6. The van der Waals surface area contributed by atoms with E-state index in [1.165, 1.54) is 6.92 Å². The van der Waals surface area contributed by atoms with Crippen LogP contribution in [-0.4, -0.2) is 210 Å². The molecule has 1 aliphatic heterocycles. The average Bonchev–Trinajstić information content (AvgIpc) is 3.29. The maximum Gasteiger partial charge on any atom is 0.469 e. The van der Waals surface area contributed by atoms with E-state index in [0.717, 1.165) is 6.42 Å². The van der Waals surface area contributed by atoms with Gasteiger partial charge < -0.3 is 95.2 Å². The third-order valence-electron chi connectivity index (χ3n) is 10.6. The first-order chi connectivity index (χ1) is 32.3. The second-order valence-corrected chi connectivity index (χ2v) is 17.9. The quantitative estimate of drug-likeness (QED) is 0.0172. The van der Waals surface area contributed by atoms with Crippen molar-refractivity contribution in [2.24, 2.45) is 5.41 Å². The molecule has 0 aromatic rings. The molecule has 1 rings (SSSR count). The van der Waals surface area contributed by atoms with Crippen LogP contribution in [0.1, 0.15) is 97.8 Å². The van der Waals surface area contributed by atoms with E-state index < -0.39 is 75.2 Å². The molecule has 0 aliphatic carbocycles. The normalized spacial score (nSPS) is 21.3. The highest BCUT2D eigenvalue weighted by Gasteiger charge is 2.45. The van der Waals surface area contributed by atoms with Crippen LogP contribution in [-0.2, 0) is 56.7 Å². The fraction of sp³-hybridized carbons (Fsp3) is 0.905. The number of carbonyl (C=O) groups excluding carboxylic acids is 4. The number of phosphoric acid groups is 1. The molecule has 1 aliphatic rings. The van der Waals surface area contributed by atoms with Crippen molar-refractivity contribution in [1.82, 2.24) is 21.3 Å². The van der Waals surface area contributed by atoms with Crippen molar-refractivity contribution < 1.29 is 102 Å². The molecule has 400 valence electrons. The zero-order chi connectivity index (χ0) is 51.0. The summed E-state index contributed by atoms with van der Waals surface area (Å²) in [4.78, 5) is 66.9. The Morgan fingerprint density at radius 3 is 1.54 bits per heavy atom. The summed E-state index contributed by atoms with van der Waals surface area (Å²) in [6.07, 6.45) is -9.11. The zero-order valence-electron chi connectivity index (χ0n) is 39.7. The number of carbonyl (C=O) groups is 4. The molecule has 0 saturated carbocycles. The number of hydrogen-bond acceptors (Lipinski definition) is 19. The van der Waals surface area contributed by atoms with E-state index in [2.05, 4.69) is 25.8 Å². The number of aliphatic hydroxyl groups excluding tert-OH is 7. The van der Waals surface area contributed by atoms with Gasteiger partial charge in [-0.2, -0.15) is 0 Å². The molecule has 10 unspecified atom stereocenters. The SMILES string of the molecule is CCCOCC(CC)(COCCC(=O)NCCCNC(=O)CCCCOC(O)C(O)C(O)C(C)O)COCCC(=O)NCCCNC(=O)CCCCOC1OC(COP(=O)(O)O)C(O)C(O)C1O. The van der Waals surface area contributed by atoms with Gasteiger partial charge in [0, 0.05) is 77.1 Å². The molecule has 1 saturated heterocycles. The third-order valence-corrected chi connectivity index (χ3v) is 11.1. The highest BCUT2D eigenvalue weighted by atomic mass is 31.2. The number of nitrogens with one attached hydrogen (secondary N) is 4. The van der Waals surface area contributed by atoms with Crippen molar-refractivity contribution in [3.8, 4) is 0 Å². The van der Waals surface area contributed by atoms with Gasteiger partial charge in [0.1, 0.15) is 36.6 Å². The van der Waals surface area contributed by atoms with Crippen LogP contribution < -0.4 is 21.3 Å². The number of amides is 4. The summed E-state index contributed by atoms with van der Waals surface area (Å²) in [6.45, 7) is 7.76. The molecule has 0 aromatic carbocycles. The monoisotopic (exact) mass is 1010 g/mol. The van der Waals surface area contributed by atoms with Crippen molar-refractivity contribution in [3.63, 3.8) is 0 Å². The van der Waals surface area contributed by atoms with Gasteiger partial charge in [0.2, 0.25) is 23.6 Å². The highest BCUT2D eigenvalue weighted by molar-refractivity contribution is 7.46. The van der Waals surface area contributed by atoms with Crippen LogP contribution in [0.25, 0.3) is 0 Å². The fourth-order valence-electron chi connectivity index (χ4n) is 6.31. The summed E-state index contributed by atoms with van der Waals surface area (Å²) in [5.41, 5.74) is -0.497. The Balaban J connectivity index is 2.21. The first kappa shape index (κ1) is 63.5. The van der Waals surface area contributed by atoms with Crippen molar-refractivity contribution in [1.29, 1.82) is 0 Å². The van der Waals surface area contributed by atoms with Crippen LogP contribution >= 0.6 is 7.82 Å². The Hall–Kier alpha value is -2.53. The molecule has 1 heterocycles. The van der Waals surface area contributed by atoms with Crippen molar-refractivity contribution in [2.75, 3.05) is 85.6 Å². The lowest BCUT2D eigenvalue weighted by Gasteiger charge is -2.40. The lowest BCUT2D eigenvalue weighted by atomic mass is 9.88. The van der Waals surface area contributed by atoms with E-state index in [9.17, 15) is 59.5 Å². The van der Waals surface area contributed by atoms with Crippen LogP contribution in [0.5, 0.6) is 0 Å². The van der Waals surface area contributed by atoms with E-state index >= 15 is 0 Å². The van der Waals surface area contributed by atoms with E-state index in [4.69, 9.17) is 38.2 Å². The summed E-state index contributed by atoms with van der Waals surface area (Å²) in [5.74, 6) is -0.821. The number of unbranched alkanes of at least 4 members (excludes halogenated alkanes) is 2. The van der Waals surface area contributed by atoms with Crippen LogP contribution in [0.2, 0.25) is 0 Å². The first-order valence-corrected chi connectivity index (χ1v) is 24.9. The van der Waals surface area contributed by atoms with Crippen LogP contribution in [0.3, 0.4) is 0 Å². The van der Waals surface area contributed by atoms with Crippen molar-refractivity contribution in [2.45, 2.75) is 153 Å². The minimum absolute atomic E-state index is 0.0164. The van der Waals surface area contributed by atoms with E-state index in [1.807, 2.05) is 13.8 Å². The minimum Gasteiger partial charge on any atom is -0.391 e. The van der Waals surface area contributed by atoms with Crippen LogP contribution in [0.15, 0.2) is 0 Å².